The van der Waals surface area contributed by atoms with Gasteiger partial charge >= 0.3 is 5.97 Å². The van der Waals surface area contributed by atoms with Crippen molar-refractivity contribution >= 4 is 17.6 Å². The molecule has 1 saturated heterocycles. The van der Waals surface area contributed by atoms with Gasteiger partial charge in [-0.25, -0.2) is 4.39 Å². The van der Waals surface area contributed by atoms with Crippen molar-refractivity contribution in [3.05, 3.63) is 30.1 Å². The number of unbranched alkanes of at least 4 members (excludes halogenated alkanes) is 3. The Hall–Kier alpha value is -2.31. The van der Waals surface area contributed by atoms with Gasteiger partial charge in [0.2, 0.25) is 0 Å². The first-order valence-electron chi connectivity index (χ1n) is 9.81. The van der Waals surface area contributed by atoms with Gasteiger partial charge in [0, 0.05) is 44.8 Å². The SMILES string of the molecule is CCOC(=O)CCCCCCN=C(N)N1CCN(c2ccc(F)cc2)CC1. The van der Waals surface area contributed by atoms with Gasteiger partial charge in [-0.2, -0.15) is 0 Å². The summed E-state index contributed by atoms with van der Waals surface area (Å²) in [5.41, 5.74) is 7.15. The van der Waals surface area contributed by atoms with Crippen LogP contribution in [0.15, 0.2) is 29.3 Å². The zero-order valence-electron chi connectivity index (χ0n) is 16.2. The molecule has 0 spiro atoms. The van der Waals surface area contributed by atoms with Gasteiger partial charge in [0.1, 0.15) is 5.82 Å². The summed E-state index contributed by atoms with van der Waals surface area (Å²) in [6.45, 7) is 6.29. The molecule has 1 aromatic carbocycles. The lowest BCUT2D eigenvalue weighted by Crippen LogP contribution is -2.51. The van der Waals surface area contributed by atoms with E-state index in [1.54, 1.807) is 0 Å². The van der Waals surface area contributed by atoms with E-state index >= 15 is 0 Å². The maximum absolute atomic E-state index is 13.0. The number of carbonyl (C=O) groups excluding carboxylic acids is 1. The van der Waals surface area contributed by atoms with Gasteiger partial charge in [-0.1, -0.05) is 12.8 Å². The fourth-order valence-electron chi connectivity index (χ4n) is 3.11. The fraction of sp³-hybridized carbons (Fsp3) is 0.600. The molecule has 2 N–H and O–H groups in total. The molecule has 2 rings (SSSR count). The minimum Gasteiger partial charge on any atom is -0.466 e. The number of benzene rings is 1. The first-order chi connectivity index (χ1) is 13.1. The number of nitrogens with zero attached hydrogens (tertiary/aromatic N) is 3. The maximum Gasteiger partial charge on any atom is 0.305 e. The maximum atomic E-state index is 13.0. The van der Waals surface area contributed by atoms with Crippen LogP contribution in [0.4, 0.5) is 10.1 Å². The molecule has 27 heavy (non-hydrogen) atoms. The molecule has 0 amide bonds. The number of ether oxygens (including phenoxy) is 1. The van der Waals surface area contributed by atoms with Crippen molar-refractivity contribution in [2.75, 3.05) is 44.2 Å². The Bertz CT molecular complexity index is 599. The van der Waals surface area contributed by atoms with E-state index in [1.165, 1.54) is 12.1 Å². The smallest absolute Gasteiger partial charge is 0.305 e. The predicted octanol–water partition coefficient (Wildman–Crippen LogP) is 2.78. The second-order valence-electron chi connectivity index (χ2n) is 6.66. The van der Waals surface area contributed by atoms with Crippen LogP contribution in [0, 0.1) is 5.82 Å². The van der Waals surface area contributed by atoms with Crippen LogP contribution in [0.2, 0.25) is 0 Å². The van der Waals surface area contributed by atoms with Gasteiger partial charge < -0.3 is 20.3 Å². The second-order valence-corrected chi connectivity index (χ2v) is 6.66. The molecular weight excluding hydrogens is 347 g/mol. The molecule has 0 bridgehead atoms. The van der Waals surface area contributed by atoms with Crippen LogP contribution in [0.3, 0.4) is 0 Å². The number of piperazine rings is 1. The molecule has 0 saturated carbocycles. The second kappa shape index (κ2) is 11.4. The van der Waals surface area contributed by atoms with Crippen molar-refractivity contribution in [1.29, 1.82) is 0 Å². The van der Waals surface area contributed by atoms with Crippen molar-refractivity contribution in [2.45, 2.75) is 39.0 Å². The molecule has 1 fully saturated rings. The quantitative estimate of drug-likeness (QED) is 0.310. The lowest BCUT2D eigenvalue weighted by Gasteiger charge is -2.36. The summed E-state index contributed by atoms with van der Waals surface area (Å²) in [6, 6.07) is 6.60. The average Bonchev–Trinajstić information content (AvgIpc) is 2.68. The molecule has 1 aliphatic rings. The number of esters is 1. The number of nitrogens with two attached hydrogens (primary N) is 1. The van der Waals surface area contributed by atoms with Crippen LogP contribution in [-0.2, 0) is 9.53 Å². The van der Waals surface area contributed by atoms with E-state index in [9.17, 15) is 9.18 Å². The van der Waals surface area contributed by atoms with Crippen LogP contribution in [0.1, 0.15) is 39.0 Å². The molecule has 1 aromatic rings. The Kier molecular flexibility index (Phi) is 8.87. The van der Waals surface area contributed by atoms with Gasteiger partial charge in [-0.05, 0) is 44.0 Å². The van der Waals surface area contributed by atoms with Crippen LogP contribution >= 0.6 is 0 Å². The first kappa shape index (κ1) is 21.0. The molecule has 0 unspecified atom stereocenters. The third-order valence-electron chi connectivity index (χ3n) is 4.66. The summed E-state index contributed by atoms with van der Waals surface area (Å²) in [6.07, 6.45) is 4.37. The highest BCUT2D eigenvalue weighted by Gasteiger charge is 2.18. The number of rotatable bonds is 9. The van der Waals surface area contributed by atoms with E-state index < -0.39 is 0 Å². The molecule has 1 heterocycles. The highest BCUT2D eigenvalue weighted by molar-refractivity contribution is 5.78. The van der Waals surface area contributed by atoms with E-state index in [0.29, 0.717) is 25.5 Å². The lowest BCUT2D eigenvalue weighted by atomic mass is 10.1. The van der Waals surface area contributed by atoms with Gasteiger partial charge in [-0.3, -0.25) is 9.79 Å². The van der Waals surface area contributed by atoms with Crippen molar-refractivity contribution in [1.82, 2.24) is 4.90 Å². The standard InChI is InChI=1S/C20H31FN4O2/c1-2-27-19(26)7-5-3-4-6-12-23-20(22)25-15-13-24(14-16-25)18-10-8-17(21)9-11-18/h8-11H,2-7,12-16H2,1H3,(H2,22,23). The Balaban J connectivity index is 1.60. The van der Waals surface area contributed by atoms with Crippen molar-refractivity contribution in [3.8, 4) is 0 Å². The van der Waals surface area contributed by atoms with E-state index in [-0.39, 0.29) is 11.8 Å². The Morgan fingerprint density at radius 2 is 1.78 bits per heavy atom. The molecule has 7 heteroatoms. The number of halogens is 1. The number of hydrogen-bond acceptors (Lipinski definition) is 4. The highest BCUT2D eigenvalue weighted by atomic mass is 19.1. The van der Waals surface area contributed by atoms with E-state index in [0.717, 1.165) is 57.5 Å². The van der Waals surface area contributed by atoms with Gasteiger partial charge in [0.25, 0.3) is 0 Å². The summed E-state index contributed by atoms with van der Waals surface area (Å²) in [5.74, 6) is 0.273. The molecular formula is C20H31FN4O2. The highest BCUT2D eigenvalue weighted by Crippen LogP contribution is 2.16. The summed E-state index contributed by atoms with van der Waals surface area (Å²) in [5, 5.41) is 0. The predicted molar refractivity (Wildman–Crippen MR) is 106 cm³/mol. The van der Waals surface area contributed by atoms with E-state index in [4.69, 9.17) is 10.5 Å². The van der Waals surface area contributed by atoms with Crippen molar-refractivity contribution in [2.24, 2.45) is 10.7 Å². The fourth-order valence-corrected chi connectivity index (χ4v) is 3.11. The number of aliphatic imine (C=N–C) groups is 1. The van der Waals surface area contributed by atoms with Crippen LogP contribution in [0.5, 0.6) is 0 Å². The minimum atomic E-state index is -0.213. The molecule has 150 valence electrons. The number of carbonyl (C=O) groups is 1. The third-order valence-corrected chi connectivity index (χ3v) is 4.66. The van der Waals surface area contributed by atoms with Gasteiger partial charge in [0.15, 0.2) is 5.96 Å². The minimum absolute atomic E-state index is 0.112. The molecule has 1 aliphatic heterocycles. The summed E-state index contributed by atoms with van der Waals surface area (Å²) in [7, 11) is 0. The molecule has 0 aromatic heterocycles. The Labute approximate surface area is 161 Å². The molecule has 6 nitrogen and oxygen atoms in total. The summed E-state index contributed by atoms with van der Waals surface area (Å²) in [4.78, 5) is 20.0. The summed E-state index contributed by atoms with van der Waals surface area (Å²) < 4.78 is 17.9. The topological polar surface area (TPSA) is 71.2 Å². The van der Waals surface area contributed by atoms with Crippen molar-refractivity contribution < 1.29 is 13.9 Å². The zero-order valence-corrected chi connectivity index (χ0v) is 16.2. The molecule has 0 aliphatic carbocycles. The van der Waals surface area contributed by atoms with Gasteiger partial charge in [0.05, 0.1) is 6.61 Å². The lowest BCUT2D eigenvalue weighted by molar-refractivity contribution is -0.143. The third kappa shape index (κ3) is 7.45. The van der Waals surface area contributed by atoms with Crippen LogP contribution < -0.4 is 10.6 Å². The van der Waals surface area contributed by atoms with Crippen molar-refractivity contribution in [3.63, 3.8) is 0 Å². The average molecular weight is 378 g/mol. The molecule has 0 radical (unpaired) electrons. The van der Waals surface area contributed by atoms with E-state index in [1.807, 2.05) is 19.1 Å². The number of anilines is 1. The number of hydrogen-bond donors (Lipinski definition) is 1. The van der Waals surface area contributed by atoms with E-state index in [2.05, 4.69) is 14.8 Å². The monoisotopic (exact) mass is 378 g/mol. The normalized spacial score (nSPS) is 15.1. The first-order valence-corrected chi connectivity index (χ1v) is 9.81. The summed E-state index contributed by atoms with van der Waals surface area (Å²) >= 11 is 0. The van der Waals surface area contributed by atoms with Crippen LogP contribution in [-0.4, -0.2) is 56.2 Å². The Morgan fingerprint density at radius 3 is 2.44 bits per heavy atom. The van der Waals surface area contributed by atoms with Crippen LogP contribution in [0.25, 0.3) is 0 Å². The Morgan fingerprint density at radius 1 is 1.11 bits per heavy atom. The largest absolute Gasteiger partial charge is 0.466 e. The van der Waals surface area contributed by atoms with Gasteiger partial charge in [-0.15, -0.1) is 0 Å². The zero-order chi connectivity index (χ0) is 19.5. The molecule has 0 atom stereocenters. The number of guanidine groups is 1.